The molecule has 0 spiro atoms. The highest BCUT2D eigenvalue weighted by atomic mass is 16.5. The van der Waals surface area contributed by atoms with Crippen LogP contribution in [0, 0.1) is 18.3 Å². The van der Waals surface area contributed by atoms with Crippen LogP contribution in [0.1, 0.15) is 35.7 Å². The largest absolute Gasteiger partial charge is 0.462 e. The lowest BCUT2D eigenvalue weighted by atomic mass is 10.1. The molecule has 144 valence electrons. The maximum absolute atomic E-state index is 12.3. The van der Waals surface area contributed by atoms with Crippen molar-refractivity contribution in [2.75, 3.05) is 17.2 Å². The highest BCUT2D eigenvalue weighted by Crippen LogP contribution is 2.17. The zero-order valence-corrected chi connectivity index (χ0v) is 16.0. The van der Waals surface area contributed by atoms with E-state index in [0.29, 0.717) is 23.5 Å². The van der Waals surface area contributed by atoms with Crippen LogP contribution in [-0.4, -0.2) is 18.5 Å². The van der Waals surface area contributed by atoms with Crippen molar-refractivity contribution in [3.05, 3.63) is 71.4 Å². The molecule has 0 fully saturated rings. The molecule has 0 aliphatic carbocycles. The molecule has 6 nitrogen and oxygen atoms in total. The summed E-state index contributed by atoms with van der Waals surface area (Å²) >= 11 is 0. The van der Waals surface area contributed by atoms with Gasteiger partial charge in [-0.1, -0.05) is 43.2 Å². The maximum atomic E-state index is 12.3. The average molecular weight is 377 g/mol. The predicted octanol–water partition coefficient (Wildman–Crippen LogP) is 4.41. The molecule has 2 aromatic carbocycles. The summed E-state index contributed by atoms with van der Waals surface area (Å²) in [4.78, 5) is 24.5. The van der Waals surface area contributed by atoms with E-state index in [2.05, 4.69) is 10.6 Å². The number of hydrogen-bond donors (Lipinski definition) is 2. The Kier molecular flexibility index (Phi) is 7.79. The van der Waals surface area contributed by atoms with E-state index in [1.54, 1.807) is 36.4 Å². The predicted molar refractivity (Wildman–Crippen MR) is 109 cm³/mol. The van der Waals surface area contributed by atoms with Crippen molar-refractivity contribution in [1.82, 2.24) is 0 Å². The van der Waals surface area contributed by atoms with Gasteiger partial charge in [-0.25, -0.2) is 4.79 Å². The number of esters is 1. The molecule has 1 amide bonds. The molecule has 0 bridgehead atoms. The van der Waals surface area contributed by atoms with Crippen molar-refractivity contribution in [2.24, 2.45) is 0 Å². The summed E-state index contributed by atoms with van der Waals surface area (Å²) in [6, 6.07) is 15.9. The lowest BCUT2D eigenvalue weighted by molar-refractivity contribution is -0.112. The number of ether oxygens (including phenoxy) is 1. The van der Waals surface area contributed by atoms with Gasteiger partial charge in [0.05, 0.1) is 17.9 Å². The van der Waals surface area contributed by atoms with Crippen LogP contribution in [-0.2, 0) is 9.53 Å². The van der Waals surface area contributed by atoms with E-state index >= 15 is 0 Å². The number of benzene rings is 2. The molecule has 2 rings (SSSR count). The molecule has 0 saturated heterocycles. The number of carbonyl (C=O) groups is 2. The third-order valence-corrected chi connectivity index (χ3v) is 3.92. The fourth-order valence-electron chi connectivity index (χ4n) is 2.31. The Bertz CT molecular complexity index is 896. The number of unbranched alkanes of at least 4 members (excludes halogenated alkanes) is 1. The molecule has 0 unspecified atom stereocenters. The van der Waals surface area contributed by atoms with E-state index in [4.69, 9.17) is 4.74 Å². The lowest BCUT2D eigenvalue weighted by Crippen LogP contribution is -2.15. The van der Waals surface area contributed by atoms with Crippen LogP contribution in [0.25, 0.3) is 0 Å². The number of aryl methyl sites for hydroxylation is 1. The summed E-state index contributed by atoms with van der Waals surface area (Å²) in [6.45, 7) is 4.31. The summed E-state index contributed by atoms with van der Waals surface area (Å²) in [6.07, 6.45) is 3.00. The summed E-state index contributed by atoms with van der Waals surface area (Å²) in [7, 11) is 0. The number of anilines is 2. The first-order valence-corrected chi connectivity index (χ1v) is 9.06. The van der Waals surface area contributed by atoms with Gasteiger partial charge in [-0.2, -0.15) is 5.26 Å². The Labute approximate surface area is 164 Å². The third-order valence-electron chi connectivity index (χ3n) is 3.92. The minimum absolute atomic E-state index is 0.116. The smallest absolute Gasteiger partial charge is 0.340 e. The van der Waals surface area contributed by atoms with E-state index < -0.39 is 11.9 Å². The lowest BCUT2D eigenvalue weighted by Gasteiger charge is -2.10. The molecular weight excluding hydrogens is 354 g/mol. The Balaban J connectivity index is 2.10. The van der Waals surface area contributed by atoms with E-state index in [9.17, 15) is 14.9 Å². The van der Waals surface area contributed by atoms with Crippen molar-refractivity contribution < 1.29 is 14.3 Å². The van der Waals surface area contributed by atoms with E-state index in [-0.39, 0.29) is 5.57 Å². The maximum Gasteiger partial charge on any atom is 0.340 e. The van der Waals surface area contributed by atoms with Crippen LogP contribution >= 0.6 is 0 Å². The van der Waals surface area contributed by atoms with Crippen LogP contribution in [0.15, 0.2) is 60.3 Å². The highest BCUT2D eigenvalue weighted by molar-refractivity contribution is 6.07. The first-order valence-electron chi connectivity index (χ1n) is 9.06. The number of nitrogens with zero attached hydrogens (tertiary/aromatic N) is 1. The molecule has 2 aromatic rings. The fourth-order valence-corrected chi connectivity index (χ4v) is 2.31. The van der Waals surface area contributed by atoms with Gasteiger partial charge in [0, 0.05) is 11.9 Å². The fraction of sp³-hybridized carbons (Fsp3) is 0.227. The number of para-hydroxylation sites is 1. The second kappa shape index (κ2) is 10.5. The highest BCUT2D eigenvalue weighted by Gasteiger charge is 2.13. The van der Waals surface area contributed by atoms with Crippen molar-refractivity contribution >= 4 is 23.3 Å². The molecule has 0 radical (unpaired) electrons. The van der Waals surface area contributed by atoms with E-state index in [1.807, 2.05) is 32.0 Å². The average Bonchev–Trinajstić information content (AvgIpc) is 2.70. The first-order chi connectivity index (χ1) is 13.5. The van der Waals surface area contributed by atoms with Crippen molar-refractivity contribution in [3.8, 4) is 6.07 Å². The van der Waals surface area contributed by atoms with Crippen LogP contribution < -0.4 is 10.6 Å². The number of amides is 1. The SMILES string of the molecule is CCCCOC(=O)c1ccccc1N/C=C(/C#N)C(=O)Nc1ccc(C)cc1. The van der Waals surface area contributed by atoms with Gasteiger partial charge < -0.3 is 15.4 Å². The minimum Gasteiger partial charge on any atom is -0.462 e. The molecule has 0 saturated carbocycles. The summed E-state index contributed by atoms with van der Waals surface area (Å²) in [5.41, 5.74) is 2.34. The van der Waals surface area contributed by atoms with E-state index in [1.165, 1.54) is 6.20 Å². The summed E-state index contributed by atoms with van der Waals surface area (Å²) in [5, 5.41) is 14.8. The van der Waals surface area contributed by atoms with Gasteiger partial charge in [0.25, 0.3) is 5.91 Å². The Morgan fingerprint density at radius 2 is 1.86 bits per heavy atom. The van der Waals surface area contributed by atoms with Crippen LogP contribution in [0.3, 0.4) is 0 Å². The molecule has 0 heterocycles. The van der Waals surface area contributed by atoms with Gasteiger partial charge in [-0.05, 0) is 37.6 Å². The number of carbonyl (C=O) groups excluding carboxylic acids is 2. The summed E-state index contributed by atoms with van der Waals surface area (Å²) in [5.74, 6) is -0.991. The third kappa shape index (κ3) is 5.99. The van der Waals surface area contributed by atoms with Gasteiger partial charge in [-0.3, -0.25) is 4.79 Å². The molecule has 0 aliphatic heterocycles. The normalized spacial score (nSPS) is 10.7. The quantitative estimate of drug-likeness (QED) is 0.308. The minimum atomic E-state index is -0.540. The zero-order chi connectivity index (χ0) is 20.4. The molecule has 2 N–H and O–H groups in total. The Morgan fingerprint density at radius 3 is 2.54 bits per heavy atom. The molecular formula is C22H23N3O3. The van der Waals surface area contributed by atoms with Crippen LogP contribution in [0.4, 0.5) is 11.4 Å². The second-order valence-corrected chi connectivity index (χ2v) is 6.17. The number of hydrogen-bond acceptors (Lipinski definition) is 5. The van der Waals surface area contributed by atoms with Gasteiger partial charge >= 0.3 is 5.97 Å². The standard InChI is InChI=1S/C22H23N3O3/c1-3-4-13-28-22(27)19-7-5-6-8-20(19)24-15-17(14-23)21(26)25-18-11-9-16(2)10-12-18/h5-12,15,24H,3-4,13H2,1-2H3,(H,25,26)/b17-15-. The number of rotatable bonds is 8. The van der Waals surface area contributed by atoms with Gasteiger partial charge in [0.15, 0.2) is 0 Å². The molecule has 0 atom stereocenters. The van der Waals surface area contributed by atoms with Crippen molar-refractivity contribution in [3.63, 3.8) is 0 Å². The topological polar surface area (TPSA) is 91.2 Å². The van der Waals surface area contributed by atoms with Gasteiger partial charge in [0.1, 0.15) is 11.6 Å². The van der Waals surface area contributed by atoms with Gasteiger partial charge in [0.2, 0.25) is 0 Å². The Hall–Kier alpha value is -3.59. The van der Waals surface area contributed by atoms with Gasteiger partial charge in [-0.15, -0.1) is 0 Å². The van der Waals surface area contributed by atoms with Crippen LogP contribution in [0.2, 0.25) is 0 Å². The second-order valence-electron chi connectivity index (χ2n) is 6.17. The molecule has 0 aliphatic rings. The van der Waals surface area contributed by atoms with Crippen molar-refractivity contribution in [1.29, 1.82) is 5.26 Å². The number of nitriles is 1. The number of nitrogens with one attached hydrogen (secondary N) is 2. The molecule has 6 heteroatoms. The summed E-state index contributed by atoms with van der Waals surface area (Å²) < 4.78 is 5.23. The monoisotopic (exact) mass is 377 g/mol. The zero-order valence-electron chi connectivity index (χ0n) is 16.0. The molecule has 28 heavy (non-hydrogen) atoms. The first kappa shape index (κ1) is 20.7. The molecule has 0 aromatic heterocycles. The van der Waals surface area contributed by atoms with Crippen molar-refractivity contribution in [2.45, 2.75) is 26.7 Å². The van der Waals surface area contributed by atoms with E-state index in [0.717, 1.165) is 18.4 Å². The Morgan fingerprint density at radius 1 is 1.14 bits per heavy atom. The van der Waals surface area contributed by atoms with Crippen LogP contribution in [0.5, 0.6) is 0 Å².